The number of hydrogen-bond donors (Lipinski definition) is 2. The van der Waals surface area contributed by atoms with Crippen LogP contribution >= 0.6 is 31.4 Å². The van der Waals surface area contributed by atoms with E-state index in [4.69, 9.17) is 0 Å². The molecule has 0 saturated heterocycles. The molecule has 2 unspecified atom stereocenters. The Kier molecular flexibility index (Phi) is 12.4. The quantitative estimate of drug-likeness (QED) is 0.127. The number of hydrogen-bond acceptors (Lipinski definition) is 9. The molecule has 0 heterocycles. The van der Waals surface area contributed by atoms with Gasteiger partial charge in [-0.25, -0.2) is 0 Å². The summed E-state index contributed by atoms with van der Waals surface area (Å²) < 4.78 is 0. The van der Waals surface area contributed by atoms with E-state index in [9.17, 15) is 29.4 Å². The van der Waals surface area contributed by atoms with Crippen LogP contribution < -0.4 is 0 Å². The Morgan fingerprint density at radius 3 is 1.00 bits per heavy atom. The highest BCUT2D eigenvalue weighted by Crippen LogP contribution is 2.51. The van der Waals surface area contributed by atoms with Crippen LogP contribution in [0.2, 0.25) is 0 Å². The van der Waals surface area contributed by atoms with Crippen molar-refractivity contribution < 1.29 is 29.4 Å². The number of carbonyl (C=O) groups is 4. The summed E-state index contributed by atoms with van der Waals surface area (Å²) in [4.78, 5) is 51.6. The largest absolute Gasteiger partial charge is 0.380 e. The first-order chi connectivity index (χ1) is 15.1. The molecule has 0 spiro atoms. The van der Waals surface area contributed by atoms with Crippen LogP contribution in [-0.2, 0) is 19.2 Å². The van der Waals surface area contributed by atoms with Gasteiger partial charge in [-0.3, -0.25) is 19.2 Å². The lowest BCUT2D eigenvalue weighted by atomic mass is 9.73. The van der Waals surface area contributed by atoms with Crippen molar-refractivity contribution in [3.05, 3.63) is 48.6 Å². The number of ketones is 4. The zero-order valence-electron chi connectivity index (χ0n) is 20.1. The van der Waals surface area contributed by atoms with Crippen LogP contribution in [0, 0.1) is 10.8 Å². The fourth-order valence-electron chi connectivity index (χ4n) is 3.43. The first-order valence-electron chi connectivity index (χ1n) is 10.3. The average molecular weight is 515 g/mol. The predicted octanol–water partition coefficient (Wildman–Crippen LogP) is 5.03. The molecular weight excluding hydrogens is 480 g/mol. The van der Waals surface area contributed by atoms with E-state index in [0.29, 0.717) is 0 Å². The van der Waals surface area contributed by atoms with Crippen LogP contribution in [0.5, 0.6) is 0 Å². The minimum absolute atomic E-state index is 0.00746. The number of aliphatic hydroxyl groups is 2. The third-order valence-corrected chi connectivity index (χ3v) is 9.70. The highest BCUT2D eigenvalue weighted by atomic mass is 33.5. The lowest BCUT2D eigenvalue weighted by Gasteiger charge is -2.35. The van der Waals surface area contributed by atoms with Crippen LogP contribution in [0.1, 0.15) is 54.4 Å². The molecule has 0 aromatic carbocycles. The number of rotatable bonds is 16. The summed E-state index contributed by atoms with van der Waals surface area (Å²) in [6.07, 6.45) is 0.0149. The molecule has 0 radical (unpaired) electrons. The fraction of sp³-hybridized carbons (Fsp3) is 0.500. The van der Waals surface area contributed by atoms with Crippen molar-refractivity contribution in [2.24, 2.45) is 10.8 Å². The molecule has 2 atom stereocenters. The minimum atomic E-state index is -1.79. The van der Waals surface area contributed by atoms with Gasteiger partial charge in [0.25, 0.3) is 0 Å². The lowest BCUT2D eigenvalue weighted by Crippen LogP contribution is -2.48. The number of allylic oxidation sites excluding steroid dienone is 4. The molecule has 0 aliphatic carbocycles. The molecule has 0 rings (SSSR count). The Labute approximate surface area is 208 Å². The van der Waals surface area contributed by atoms with Gasteiger partial charge < -0.3 is 10.2 Å². The van der Waals surface area contributed by atoms with Gasteiger partial charge in [0.2, 0.25) is 0 Å². The van der Waals surface area contributed by atoms with Gasteiger partial charge in [0, 0.05) is 0 Å². The lowest BCUT2D eigenvalue weighted by molar-refractivity contribution is -0.142. The van der Waals surface area contributed by atoms with E-state index < -0.39 is 44.8 Å². The van der Waals surface area contributed by atoms with E-state index in [-0.39, 0.29) is 35.1 Å². The van der Waals surface area contributed by atoms with E-state index in [1.165, 1.54) is 27.7 Å². The Balaban J connectivity index is 5.98. The second-order valence-electron chi connectivity index (χ2n) is 8.05. The molecule has 9 heteroatoms. The minimum Gasteiger partial charge on any atom is -0.380 e. The molecule has 184 valence electrons. The molecule has 0 aromatic rings. The van der Waals surface area contributed by atoms with Gasteiger partial charge in [0.15, 0.2) is 23.1 Å². The third kappa shape index (κ3) is 6.39. The Morgan fingerprint density at radius 2 is 0.848 bits per heavy atom. The van der Waals surface area contributed by atoms with E-state index in [2.05, 4.69) is 26.3 Å². The van der Waals surface area contributed by atoms with Crippen molar-refractivity contribution in [2.45, 2.75) is 65.3 Å². The third-order valence-electron chi connectivity index (χ3n) is 5.39. The van der Waals surface area contributed by atoms with Gasteiger partial charge in [0.05, 0.1) is 0 Å². The number of aliphatic hydroxyl groups excluding tert-OH is 2. The highest BCUT2D eigenvalue weighted by molar-refractivity contribution is 9.09. The molecule has 0 aliphatic heterocycles. The first kappa shape index (κ1) is 31.6. The summed E-state index contributed by atoms with van der Waals surface area (Å²) in [5.41, 5.74) is -6.09. The fourth-order valence-corrected chi connectivity index (χ4v) is 8.03. The molecule has 0 bridgehead atoms. The summed E-state index contributed by atoms with van der Waals surface area (Å²) in [6.45, 7) is 23.5. The zero-order valence-corrected chi connectivity index (χ0v) is 22.6. The van der Waals surface area contributed by atoms with Crippen molar-refractivity contribution in [3.8, 4) is 0 Å². The van der Waals surface area contributed by atoms with Gasteiger partial charge >= 0.3 is 0 Å². The van der Waals surface area contributed by atoms with Crippen molar-refractivity contribution in [2.75, 3.05) is 0 Å². The summed E-state index contributed by atoms with van der Waals surface area (Å²) in [5.74, 6) is -2.38. The van der Waals surface area contributed by atoms with Crippen molar-refractivity contribution in [1.82, 2.24) is 0 Å². The maximum Gasteiger partial charge on any atom is 0.175 e. The van der Waals surface area contributed by atoms with E-state index in [0.717, 1.165) is 31.4 Å². The van der Waals surface area contributed by atoms with E-state index >= 15 is 0 Å². The Morgan fingerprint density at radius 1 is 0.636 bits per heavy atom. The summed E-state index contributed by atoms with van der Waals surface area (Å²) >= 11 is 0. The topological polar surface area (TPSA) is 109 Å². The Bertz CT molecular complexity index is 751. The molecule has 2 N–H and O–H groups in total. The SMILES string of the molecule is C=C(C)C(=O)C(CC)(C(=O)C(=C)C)C(O)SSSC(O)C(CC)(C(=O)C(=C)C)C(=O)C(=C)C. The summed E-state index contributed by atoms with van der Waals surface area (Å²) in [5, 5.41) is 21.9. The van der Waals surface area contributed by atoms with Crippen molar-refractivity contribution in [1.29, 1.82) is 0 Å². The predicted molar refractivity (Wildman–Crippen MR) is 140 cm³/mol. The summed E-state index contributed by atoms with van der Waals surface area (Å²) in [7, 11) is 2.43. The zero-order chi connectivity index (χ0) is 26.3. The molecular formula is C24H34O6S3. The molecule has 6 nitrogen and oxygen atoms in total. The van der Waals surface area contributed by atoms with Crippen molar-refractivity contribution in [3.63, 3.8) is 0 Å². The van der Waals surface area contributed by atoms with Crippen LogP contribution in [0.4, 0.5) is 0 Å². The molecule has 0 aromatic heterocycles. The maximum atomic E-state index is 12.9. The molecule has 0 amide bonds. The van der Waals surface area contributed by atoms with Gasteiger partial charge in [-0.05, 0) is 94.2 Å². The van der Waals surface area contributed by atoms with E-state index in [1.807, 2.05) is 0 Å². The van der Waals surface area contributed by atoms with Gasteiger partial charge in [-0.2, -0.15) is 0 Å². The second-order valence-corrected chi connectivity index (χ2v) is 12.3. The molecule has 0 fully saturated rings. The number of carbonyl (C=O) groups excluding carboxylic acids is 4. The first-order valence-corrected chi connectivity index (χ1v) is 13.9. The molecule has 0 saturated carbocycles. The highest BCUT2D eigenvalue weighted by Gasteiger charge is 2.52. The molecule has 0 aliphatic rings. The summed E-state index contributed by atoms with van der Waals surface area (Å²) in [6, 6.07) is 0. The Hall–Kier alpha value is -1.39. The number of Topliss-reactive ketones (excluding diaryl/α,β-unsaturated/α-hetero) is 4. The van der Waals surface area contributed by atoms with Crippen LogP contribution in [-0.4, -0.2) is 44.2 Å². The second kappa shape index (κ2) is 12.9. The van der Waals surface area contributed by atoms with Gasteiger partial charge in [-0.15, -0.1) is 0 Å². The van der Waals surface area contributed by atoms with Crippen LogP contribution in [0.25, 0.3) is 0 Å². The van der Waals surface area contributed by atoms with Gasteiger partial charge in [-0.1, -0.05) is 40.2 Å². The standard InChI is InChI=1S/C24H34O6S3/c1-11-23(17(25)13(3)4,18(26)14(5)6)21(29)31-33-32-22(30)24(12-2,19(27)15(7)8)20(28)16(9)10/h21-22,29-30H,3,5,7,9,11-12H2,1-2,4,6,8,10H3. The van der Waals surface area contributed by atoms with Crippen molar-refractivity contribution >= 4 is 54.5 Å². The van der Waals surface area contributed by atoms with Crippen LogP contribution in [0.15, 0.2) is 48.6 Å². The normalized spacial score (nSPS) is 13.6. The van der Waals surface area contributed by atoms with Gasteiger partial charge in [0.1, 0.15) is 21.7 Å². The average Bonchev–Trinajstić information content (AvgIpc) is 2.74. The monoisotopic (exact) mass is 514 g/mol. The smallest absolute Gasteiger partial charge is 0.175 e. The van der Waals surface area contributed by atoms with E-state index in [1.54, 1.807) is 13.8 Å². The van der Waals surface area contributed by atoms with Crippen LogP contribution in [0.3, 0.4) is 0 Å². The maximum absolute atomic E-state index is 12.9. The molecule has 33 heavy (non-hydrogen) atoms.